The first-order valence-corrected chi connectivity index (χ1v) is 4.79. The number of pyridine rings is 1. The van der Waals surface area contributed by atoms with E-state index in [1.165, 1.54) is 4.40 Å². The Kier molecular flexibility index (Phi) is 2.40. The van der Waals surface area contributed by atoms with Crippen molar-refractivity contribution in [2.24, 2.45) is 0 Å². The number of aromatic carboxylic acids is 1. The third-order valence-corrected chi connectivity index (χ3v) is 2.44. The number of aldehydes is 1. The molecule has 2 heterocycles. The van der Waals surface area contributed by atoms with Crippen LogP contribution < -0.4 is 0 Å². The summed E-state index contributed by atoms with van der Waals surface area (Å²) < 4.78 is 1.38. The van der Waals surface area contributed by atoms with Crippen molar-refractivity contribution < 1.29 is 14.7 Å². The molecule has 0 fully saturated rings. The molecule has 5 nitrogen and oxygen atoms in total. The maximum atomic E-state index is 10.9. The molecule has 0 spiro atoms. The van der Waals surface area contributed by atoms with Crippen LogP contribution in [0.1, 0.15) is 26.5 Å². The average molecular weight is 239 g/mol. The highest BCUT2D eigenvalue weighted by Crippen LogP contribution is 2.21. The molecule has 0 saturated heterocycles. The summed E-state index contributed by atoms with van der Waals surface area (Å²) in [5.74, 6) is -1.25. The van der Waals surface area contributed by atoms with Crippen LogP contribution in [0.4, 0.5) is 0 Å². The normalized spacial score (nSPS) is 10.6. The SMILES string of the molecule is Cc1cc(Cl)c2nc(C(=O)O)c(C=O)n2c1. The zero-order valence-corrected chi connectivity index (χ0v) is 9.02. The third-order valence-electron chi connectivity index (χ3n) is 2.16. The van der Waals surface area contributed by atoms with Crippen molar-refractivity contribution in [3.05, 3.63) is 34.2 Å². The number of rotatable bonds is 2. The molecule has 0 aromatic carbocycles. The number of imidazole rings is 1. The predicted octanol–water partition coefficient (Wildman–Crippen LogP) is 1.81. The van der Waals surface area contributed by atoms with E-state index >= 15 is 0 Å². The van der Waals surface area contributed by atoms with Gasteiger partial charge in [-0.1, -0.05) is 11.6 Å². The molecule has 0 aliphatic rings. The Morgan fingerprint density at radius 3 is 2.88 bits per heavy atom. The van der Waals surface area contributed by atoms with E-state index in [0.29, 0.717) is 11.3 Å². The Morgan fingerprint density at radius 2 is 2.31 bits per heavy atom. The highest BCUT2D eigenvalue weighted by Gasteiger charge is 2.19. The van der Waals surface area contributed by atoms with Gasteiger partial charge in [0.2, 0.25) is 0 Å². The summed E-state index contributed by atoms with van der Waals surface area (Å²) in [6.07, 6.45) is 2.07. The van der Waals surface area contributed by atoms with Gasteiger partial charge < -0.3 is 5.11 Å². The Morgan fingerprint density at radius 1 is 1.62 bits per heavy atom. The first kappa shape index (κ1) is 10.6. The van der Waals surface area contributed by atoms with Gasteiger partial charge in [0.15, 0.2) is 17.6 Å². The molecule has 6 heteroatoms. The van der Waals surface area contributed by atoms with Gasteiger partial charge in [-0.25, -0.2) is 9.78 Å². The second-order valence-electron chi connectivity index (χ2n) is 3.33. The number of halogens is 1. The van der Waals surface area contributed by atoms with E-state index in [4.69, 9.17) is 16.7 Å². The standard InChI is InChI=1S/C10H7ClN2O3/c1-5-2-6(11)9-12-8(10(15)16)7(4-14)13(9)3-5/h2-4H,1H3,(H,15,16). The number of carboxylic acid groups (broad SMARTS) is 1. The minimum absolute atomic E-state index is 0.00639. The first-order chi connectivity index (χ1) is 7.54. The fourth-order valence-corrected chi connectivity index (χ4v) is 1.83. The second kappa shape index (κ2) is 3.61. The van der Waals surface area contributed by atoms with Crippen LogP contribution in [0.15, 0.2) is 12.3 Å². The van der Waals surface area contributed by atoms with Gasteiger partial charge in [-0.3, -0.25) is 9.20 Å². The zero-order chi connectivity index (χ0) is 11.9. The van der Waals surface area contributed by atoms with E-state index in [2.05, 4.69) is 4.98 Å². The number of nitrogens with zero attached hydrogens (tertiary/aromatic N) is 2. The highest BCUT2D eigenvalue weighted by atomic mass is 35.5. The molecular weight excluding hydrogens is 232 g/mol. The summed E-state index contributed by atoms with van der Waals surface area (Å²) in [4.78, 5) is 25.6. The maximum Gasteiger partial charge on any atom is 0.356 e. The van der Waals surface area contributed by atoms with Gasteiger partial charge in [0.25, 0.3) is 0 Å². The fraction of sp³-hybridized carbons (Fsp3) is 0.100. The predicted molar refractivity (Wildman–Crippen MR) is 57.3 cm³/mol. The van der Waals surface area contributed by atoms with Gasteiger partial charge in [-0.2, -0.15) is 0 Å². The van der Waals surface area contributed by atoms with Crippen molar-refractivity contribution >= 4 is 29.5 Å². The molecule has 0 aliphatic heterocycles. The van der Waals surface area contributed by atoms with Crippen molar-refractivity contribution in [3.8, 4) is 0 Å². The number of carbonyl (C=O) groups is 2. The molecule has 2 aromatic heterocycles. The number of aryl methyl sites for hydroxylation is 1. The van der Waals surface area contributed by atoms with Crippen LogP contribution in [-0.2, 0) is 0 Å². The van der Waals surface area contributed by atoms with Gasteiger partial charge in [0, 0.05) is 6.20 Å². The monoisotopic (exact) mass is 238 g/mol. The Labute approximate surface area is 95.3 Å². The van der Waals surface area contributed by atoms with Gasteiger partial charge in [-0.15, -0.1) is 0 Å². The third kappa shape index (κ3) is 1.45. The van der Waals surface area contributed by atoms with E-state index < -0.39 is 5.97 Å². The van der Waals surface area contributed by atoms with Crippen LogP contribution in [0.3, 0.4) is 0 Å². The minimum Gasteiger partial charge on any atom is -0.476 e. The van der Waals surface area contributed by atoms with Crippen molar-refractivity contribution in [3.63, 3.8) is 0 Å². The summed E-state index contributed by atoms with van der Waals surface area (Å²) in [5, 5.41) is 9.20. The number of hydrogen-bond acceptors (Lipinski definition) is 3. The van der Waals surface area contributed by atoms with Crippen molar-refractivity contribution in [1.29, 1.82) is 0 Å². The van der Waals surface area contributed by atoms with Crippen molar-refractivity contribution in [1.82, 2.24) is 9.38 Å². The average Bonchev–Trinajstić information content (AvgIpc) is 2.56. The van der Waals surface area contributed by atoms with Crippen molar-refractivity contribution in [2.75, 3.05) is 0 Å². The largest absolute Gasteiger partial charge is 0.476 e. The smallest absolute Gasteiger partial charge is 0.356 e. The summed E-state index contributed by atoms with van der Waals surface area (Å²) in [6, 6.07) is 1.66. The minimum atomic E-state index is -1.25. The Balaban J connectivity index is 2.92. The summed E-state index contributed by atoms with van der Waals surface area (Å²) in [7, 11) is 0. The highest BCUT2D eigenvalue weighted by molar-refractivity contribution is 6.33. The molecule has 2 rings (SSSR count). The van der Waals surface area contributed by atoms with Crippen LogP contribution >= 0.6 is 11.6 Å². The van der Waals surface area contributed by atoms with Crippen LogP contribution in [0.5, 0.6) is 0 Å². The quantitative estimate of drug-likeness (QED) is 0.810. The Hall–Kier alpha value is -1.88. The van der Waals surface area contributed by atoms with Gasteiger partial charge in [-0.05, 0) is 18.6 Å². The number of carbonyl (C=O) groups excluding carboxylic acids is 1. The Bertz CT molecular complexity index is 604. The van der Waals surface area contributed by atoms with E-state index in [1.807, 2.05) is 0 Å². The van der Waals surface area contributed by atoms with E-state index in [0.717, 1.165) is 5.56 Å². The molecule has 1 N–H and O–H groups in total. The lowest BCUT2D eigenvalue weighted by atomic mass is 10.3. The summed E-state index contributed by atoms with van der Waals surface area (Å²) in [5.41, 5.74) is 0.789. The number of fused-ring (bicyclic) bond motifs is 1. The lowest BCUT2D eigenvalue weighted by Gasteiger charge is -1.99. The molecule has 0 amide bonds. The number of aromatic nitrogens is 2. The van der Waals surface area contributed by atoms with Crippen LogP contribution in [0.25, 0.3) is 5.65 Å². The molecule has 2 aromatic rings. The molecule has 0 aliphatic carbocycles. The molecule has 82 valence electrons. The molecule has 0 saturated carbocycles. The topological polar surface area (TPSA) is 71.7 Å². The second-order valence-corrected chi connectivity index (χ2v) is 3.73. The van der Waals surface area contributed by atoms with E-state index in [-0.39, 0.29) is 17.0 Å². The van der Waals surface area contributed by atoms with Gasteiger partial charge in [0.1, 0.15) is 5.69 Å². The lowest BCUT2D eigenvalue weighted by Crippen LogP contribution is -2.02. The van der Waals surface area contributed by atoms with E-state index in [9.17, 15) is 9.59 Å². The fourth-order valence-electron chi connectivity index (χ4n) is 1.52. The first-order valence-electron chi connectivity index (χ1n) is 4.41. The van der Waals surface area contributed by atoms with E-state index in [1.54, 1.807) is 19.2 Å². The van der Waals surface area contributed by atoms with Gasteiger partial charge >= 0.3 is 5.97 Å². The van der Waals surface area contributed by atoms with Crippen molar-refractivity contribution in [2.45, 2.75) is 6.92 Å². The lowest BCUT2D eigenvalue weighted by molar-refractivity contribution is 0.0688. The van der Waals surface area contributed by atoms with Gasteiger partial charge in [0.05, 0.1) is 5.02 Å². The molecular formula is C10H7ClN2O3. The van der Waals surface area contributed by atoms with Crippen LogP contribution in [-0.4, -0.2) is 26.7 Å². The number of carboxylic acids is 1. The van der Waals surface area contributed by atoms with Crippen LogP contribution in [0, 0.1) is 6.92 Å². The number of hydrogen-bond donors (Lipinski definition) is 1. The molecule has 0 atom stereocenters. The van der Waals surface area contributed by atoms with Crippen LogP contribution in [0.2, 0.25) is 5.02 Å². The molecule has 0 radical (unpaired) electrons. The summed E-state index contributed by atoms with van der Waals surface area (Å²) in [6.45, 7) is 1.79. The maximum absolute atomic E-state index is 10.9. The summed E-state index contributed by atoms with van der Waals surface area (Å²) >= 11 is 5.92. The molecule has 0 unspecified atom stereocenters. The molecule has 16 heavy (non-hydrogen) atoms. The zero-order valence-electron chi connectivity index (χ0n) is 8.27. The molecule has 0 bridgehead atoms.